The molecule has 2 aliphatic heterocycles. The summed E-state index contributed by atoms with van der Waals surface area (Å²) in [4.78, 5) is 25.1. The van der Waals surface area contributed by atoms with Crippen LogP contribution in [0.25, 0.3) is 0 Å². The Hall–Kier alpha value is -3.80. The minimum atomic E-state index is -0.468. The van der Waals surface area contributed by atoms with Gasteiger partial charge in [-0.3, -0.25) is 9.59 Å². The third-order valence-corrected chi connectivity index (χ3v) is 5.20. The van der Waals surface area contributed by atoms with Gasteiger partial charge in [0.2, 0.25) is 6.79 Å². The van der Waals surface area contributed by atoms with E-state index in [9.17, 15) is 14.7 Å². The molecule has 0 radical (unpaired) electrons. The summed E-state index contributed by atoms with van der Waals surface area (Å²) in [6, 6.07) is 17.2. The molecule has 0 bridgehead atoms. The van der Waals surface area contributed by atoms with Gasteiger partial charge in [0.05, 0.1) is 12.0 Å². The number of carbonyl (C=O) groups is 2. The molecule has 1 atom stereocenters. The number of carbonyl (C=O) groups excluding carboxylic acids is 2. The van der Waals surface area contributed by atoms with Gasteiger partial charge in [0.1, 0.15) is 11.5 Å². The minimum Gasteiger partial charge on any atom is -0.507 e. The number of phenolic OH excluding ortho intramolecular Hbond substituents is 1. The van der Waals surface area contributed by atoms with Crippen molar-refractivity contribution in [2.75, 3.05) is 6.79 Å². The van der Waals surface area contributed by atoms with Crippen LogP contribution in [0.2, 0.25) is 0 Å². The lowest BCUT2D eigenvalue weighted by Crippen LogP contribution is -2.22. The summed E-state index contributed by atoms with van der Waals surface area (Å²) in [5, 5.41) is 11.0. The number of hydrogen-bond donors (Lipinski definition) is 1. The zero-order chi connectivity index (χ0) is 20.0. The van der Waals surface area contributed by atoms with Crippen molar-refractivity contribution in [3.63, 3.8) is 0 Å². The van der Waals surface area contributed by atoms with Gasteiger partial charge in [0.25, 0.3) is 0 Å². The number of esters is 1. The fraction of sp³-hybridized carbons (Fsp3) is 0.130. The Kier molecular flexibility index (Phi) is 3.98. The molecular formula is C23H16O6. The maximum absolute atomic E-state index is 12.9. The molecule has 0 amide bonds. The second-order valence-electron chi connectivity index (χ2n) is 6.91. The van der Waals surface area contributed by atoms with E-state index in [2.05, 4.69) is 0 Å². The van der Waals surface area contributed by atoms with Gasteiger partial charge in [-0.15, -0.1) is 0 Å². The normalized spacial score (nSPS) is 16.8. The predicted octanol–water partition coefficient (Wildman–Crippen LogP) is 3.79. The van der Waals surface area contributed by atoms with E-state index in [0.717, 1.165) is 5.56 Å². The molecule has 6 nitrogen and oxygen atoms in total. The number of aromatic hydroxyl groups is 1. The molecule has 3 aromatic rings. The third kappa shape index (κ3) is 2.89. The first-order valence-electron chi connectivity index (χ1n) is 9.17. The molecule has 29 heavy (non-hydrogen) atoms. The van der Waals surface area contributed by atoms with Crippen LogP contribution >= 0.6 is 0 Å². The lowest BCUT2D eigenvalue weighted by molar-refractivity contribution is -0.135. The van der Waals surface area contributed by atoms with E-state index in [1.54, 1.807) is 42.5 Å². The average molecular weight is 388 g/mol. The van der Waals surface area contributed by atoms with Crippen LogP contribution in [-0.2, 0) is 4.79 Å². The predicted molar refractivity (Wildman–Crippen MR) is 103 cm³/mol. The molecule has 1 N–H and O–H groups in total. The number of phenols is 1. The van der Waals surface area contributed by atoms with Crippen molar-refractivity contribution in [1.82, 2.24) is 0 Å². The Balaban J connectivity index is 1.62. The maximum Gasteiger partial charge on any atom is 0.312 e. The van der Waals surface area contributed by atoms with E-state index in [-0.39, 0.29) is 36.1 Å². The van der Waals surface area contributed by atoms with Crippen LogP contribution in [0.4, 0.5) is 0 Å². The van der Waals surface area contributed by atoms with Crippen LogP contribution in [0.1, 0.15) is 39.4 Å². The minimum absolute atomic E-state index is 0.0448. The van der Waals surface area contributed by atoms with E-state index >= 15 is 0 Å². The van der Waals surface area contributed by atoms with Crippen LogP contribution < -0.4 is 14.2 Å². The van der Waals surface area contributed by atoms with Crippen LogP contribution in [0.3, 0.4) is 0 Å². The van der Waals surface area contributed by atoms with Gasteiger partial charge < -0.3 is 19.3 Å². The molecule has 2 aliphatic rings. The first-order chi connectivity index (χ1) is 14.1. The number of hydrogen-bond acceptors (Lipinski definition) is 6. The Morgan fingerprint density at radius 1 is 0.931 bits per heavy atom. The van der Waals surface area contributed by atoms with Crippen molar-refractivity contribution < 1.29 is 28.9 Å². The number of ether oxygens (including phenoxy) is 3. The highest BCUT2D eigenvalue weighted by molar-refractivity contribution is 6.11. The highest BCUT2D eigenvalue weighted by Gasteiger charge is 2.34. The molecule has 0 saturated heterocycles. The van der Waals surface area contributed by atoms with Gasteiger partial charge in [0, 0.05) is 17.0 Å². The largest absolute Gasteiger partial charge is 0.507 e. The average Bonchev–Trinajstić information content (AvgIpc) is 3.21. The van der Waals surface area contributed by atoms with E-state index in [0.29, 0.717) is 22.6 Å². The molecule has 6 heteroatoms. The van der Waals surface area contributed by atoms with Crippen molar-refractivity contribution in [3.05, 3.63) is 82.9 Å². The second kappa shape index (κ2) is 6.67. The smallest absolute Gasteiger partial charge is 0.312 e. The van der Waals surface area contributed by atoms with E-state index < -0.39 is 11.9 Å². The SMILES string of the molecule is O=C1C[C@@H](c2ccc3c(c2)OCO3)c2c(ccc(C(=O)c3ccccc3)c2O)O1. The highest BCUT2D eigenvalue weighted by Crippen LogP contribution is 2.47. The zero-order valence-electron chi connectivity index (χ0n) is 15.3. The van der Waals surface area contributed by atoms with Gasteiger partial charge in [0.15, 0.2) is 17.3 Å². The molecule has 0 unspecified atom stereocenters. The summed E-state index contributed by atoms with van der Waals surface area (Å²) in [6.45, 7) is 0.142. The lowest BCUT2D eigenvalue weighted by Gasteiger charge is -2.26. The summed E-state index contributed by atoms with van der Waals surface area (Å²) in [7, 11) is 0. The molecule has 5 rings (SSSR count). The molecule has 0 spiro atoms. The van der Waals surface area contributed by atoms with E-state index in [1.807, 2.05) is 12.1 Å². The first-order valence-corrected chi connectivity index (χ1v) is 9.17. The maximum atomic E-state index is 12.9. The van der Waals surface area contributed by atoms with Crippen molar-refractivity contribution >= 4 is 11.8 Å². The highest BCUT2D eigenvalue weighted by atomic mass is 16.7. The quantitative estimate of drug-likeness (QED) is 0.418. The standard InChI is InChI=1S/C23H16O6/c24-20-11-16(14-6-8-17-19(10-14)28-12-27-17)21-18(29-20)9-7-15(23(21)26)22(25)13-4-2-1-3-5-13/h1-10,16,26H,11-12H2/t16-/m0/s1. The van der Waals surface area contributed by atoms with Crippen molar-refractivity contribution in [3.8, 4) is 23.0 Å². The van der Waals surface area contributed by atoms with E-state index in [1.165, 1.54) is 6.07 Å². The molecule has 144 valence electrons. The second-order valence-corrected chi connectivity index (χ2v) is 6.91. The van der Waals surface area contributed by atoms with Gasteiger partial charge in [-0.2, -0.15) is 0 Å². The molecule has 0 aliphatic carbocycles. The Labute approximate surface area is 166 Å². The summed E-state index contributed by atoms with van der Waals surface area (Å²) in [5.74, 6) is 0.124. The van der Waals surface area contributed by atoms with Gasteiger partial charge in [-0.1, -0.05) is 36.4 Å². The molecule has 0 saturated carbocycles. The first kappa shape index (κ1) is 17.3. The number of benzene rings is 3. The number of fused-ring (bicyclic) bond motifs is 2. The van der Waals surface area contributed by atoms with Crippen molar-refractivity contribution in [1.29, 1.82) is 0 Å². The fourth-order valence-electron chi connectivity index (χ4n) is 3.79. The summed E-state index contributed by atoms with van der Waals surface area (Å²) >= 11 is 0. The molecule has 2 heterocycles. The van der Waals surface area contributed by atoms with Crippen LogP contribution in [0.15, 0.2) is 60.7 Å². The summed E-state index contributed by atoms with van der Waals surface area (Å²) in [6.07, 6.45) is 0.0448. The van der Waals surface area contributed by atoms with E-state index in [4.69, 9.17) is 14.2 Å². The molecule has 0 aromatic heterocycles. The van der Waals surface area contributed by atoms with Crippen molar-refractivity contribution in [2.45, 2.75) is 12.3 Å². The number of ketones is 1. The summed E-state index contributed by atoms with van der Waals surface area (Å²) < 4.78 is 16.1. The Bertz CT molecular complexity index is 1140. The summed E-state index contributed by atoms with van der Waals surface area (Å²) in [5.41, 5.74) is 1.82. The van der Waals surface area contributed by atoms with Gasteiger partial charge in [-0.25, -0.2) is 0 Å². The van der Waals surface area contributed by atoms with Crippen LogP contribution in [-0.4, -0.2) is 23.7 Å². The van der Waals surface area contributed by atoms with Gasteiger partial charge >= 0.3 is 5.97 Å². The Morgan fingerprint density at radius 2 is 1.69 bits per heavy atom. The topological polar surface area (TPSA) is 82.1 Å². The number of rotatable bonds is 3. The van der Waals surface area contributed by atoms with Crippen LogP contribution in [0.5, 0.6) is 23.0 Å². The van der Waals surface area contributed by atoms with Crippen molar-refractivity contribution in [2.24, 2.45) is 0 Å². The fourth-order valence-corrected chi connectivity index (χ4v) is 3.79. The zero-order valence-corrected chi connectivity index (χ0v) is 15.3. The van der Waals surface area contributed by atoms with Crippen LogP contribution in [0, 0.1) is 0 Å². The molecule has 0 fully saturated rings. The van der Waals surface area contributed by atoms with Gasteiger partial charge in [-0.05, 0) is 29.8 Å². The lowest BCUT2D eigenvalue weighted by atomic mass is 9.84. The molecule has 3 aromatic carbocycles. The third-order valence-electron chi connectivity index (χ3n) is 5.20. The monoisotopic (exact) mass is 388 g/mol. The molecular weight excluding hydrogens is 372 g/mol. The Morgan fingerprint density at radius 3 is 2.52 bits per heavy atom.